The van der Waals surface area contributed by atoms with Crippen molar-refractivity contribution in [2.45, 2.75) is 98.2 Å². The van der Waals surface area contributed by atoms with E-state index >= 15 is 0 Å². The number of imidazole rings is 4. The molecular formula is C40H49Cl5N20O18P4S4. The van der Waals surface area contributed by atoms with Gasteiger partial charge in [-0.15, -0.1) is 0 Å². The van der Waals surface area contributed by atoms with Gasteiger partial charge in [-0.05, 0) is 69.7 Å². The lowest BCUT2D eigenvalue weighted by Gasteiger charge is -2.30. The number of halogens is 5. The Morgan fingerprint density at radius 2 is 0.780 bits per heavy atom. The van der Waals surface area contributed by atoms with E-state index in [2.05, 4.69) is 71.6 Å². The molecule has 8 aromatic rings. The van der Waals surface area contributed by atoms with E-state index in [-0.39, 0.29) is 43.1 Å². The number of nitrogens with zero attached hydrogens (tertiary/aromatic N) is 16. The summed E-state index contributed by atoms with van der Waals surface area (Å²) in [5.41, 5.74) is 26.1. The maximum Gasteiger partial charge on any atom is 0.325 e. The second-order valence-electron chi connectivity index (χ2n) is 19.5. The van der Waals surface area contributed by atoms with Crippen LogP contribution in [-0.2, 0) is 88.8 Å². The van der Waals surface area contributed by atoms with E-state index in [1.165, 1.54) is 59.8 Å². The zero-order chi connectivity index (χ0) is 65.8. The SMILES string of the molecule is Nc1ncnc2c1ncn2[C@@H]1OC(CO)C(O)[C@@H]1O.Nc1ncnc2c1ncn2[C@@H]1OC(COP(=S)(Cl)Cl)C(O)[C@@H]1O.Nc1ncnc2c1ncn2[C@@H]1OC2COP(O)(=S)OC2[C@@H]1O.Nc1ncnc2c1ncn2[C@@H]1OC2COP(O)(=S)OC2[C@@H]1O.S=P(Cl)(Cl)Cl. The molecule has 0 amide bonds. The van der Waals surface area contributed by atoms with Crippen molar-refractivity contribution >= 4 is 194 Å². The van der Waals surface area contributed by atoms with Crippen LogP contribution in [0.25, 0.3) is 44.7 Å². The van der Waals surface area contributed by atoms with Gasteiger partial charge in [0.25, 0.3) is 0 Å². The first-order chi connectivity index (χ1) is 42.8. The van der Waals surface area contributed by atoms with E-state index in [9.17, 15) is 40.4 Å². The highest BCUT2D eigenvalue weighted by atomic mass is 36.1. The van der Waals surface area contributed by atoms with Gasteiger partial charge in [0, 0.05) is 0 Å². The van der Waals surface area contributed by atoms with Crippen LogP contribution >= 0.6 is 78.7 Å². The van der Waals surface area contributed by atoms with Crippen LogP contribution in [0.1, 0.15) is 24.9 Å². The van der Waals surface area contributed by atoms with Crippen molar-refractivity contribution in [2.24, 2.45) is 0 Å². The average Bonchev–Trinajstić information content (AvgIpc) is 1.64. The first kappa shape index (κ1) is 70.5. The highest BCUT2D eigenvalue weighted by Crippen LogP contribution is 2.62. The van der Waals surface area contributed by atoms with E-state index in [1.54, 1.807) is 9.13 Å². The molecule has 0 aromatic carbocycles. The summed E-state index contributed by atoms with van der Waals surface area (Å²) in [6.07, 6.45) is -3.82. The Labute approximate surface area is 553 Å². The third-order valence-corrected chi connectivity index (χ3v) is 18.3. The fourth-order valence-electron chi connectivity index (χ4n) is 9.72. The van der Waals surface area contributed by atoms with Crippen molar-refractivity contribution < 1.29 is 87.1 Å². The van der Waals surface area contributed by atoms with E-state index in [4.69, 9.17) is 161 Å². The molecule has 6 fully saturated rings. The summed E-state index contributed by atoms with van der Waals surface area (Å²) in [4.78, 5) is 64.6. The minimum absolute atomic E-state index is 0.0513. The van der Waals surface area contributed by atoms with E-state index in [0.29, 0.717) is 44.7 Å². The highest BCUT2D eigenvalue weighted by Gasteiger charge is 2.53. The maximum absolute atomic E-state index is 10.4. The number of nitrogen functional groups attached to an aromatic ring is 4. The van der Waals surface area contributed by atoms with Crippen LogP contribution in [0, 0.1) is 0 Å². The quantitative estimate of drug-likeness (QED) is 0.0909. The predicted molar refractivity (Wildman–Crippen MR) is 336 cm³/mol. The first-order valence-corrected chi connectivity index (χ1v) is 40.7. The number of anilines is 4. The van der Waals surface area contributed by atoms with Crippen LogP contribution in [0.3, 0.4) is 0 Å². The average molecular weight is 1530 g/mol. The lowest BCUT2D eigenvalue weighted by molar-refractivity contribution is -0.0593. The Morgan fingerprint density at radius 1 is 0.484 bits per heavy atom. The predicted octanol–water partition coefficient (Wildman–Crippen LogP) is 0.292. The molecule has 14 rings (SSSR count). The second kappa shape index (κ2) is 28.4. The van der Waals surface area contributed by atoms with Crippen LogP contribution in [0.4, 0.5) is 23.3 Å². The fraction of sp³-hybridized carbons (Fsp3) is 0.500. The van der Waals surface area contributed by atoms with E-state index < -0.39 is 127 Å². The molecule has 6 aliphatic rings. The van der Waals surface area contributed by atoms with Gasteiger partial charge in [0.05, 0.1) is 51.7 Å². The monoisotopic (exact) mass is 1520 g/mol. The second-order valence-corrected chi connectivity index (χ2v) is 42.7. The third-order valence-electron chi connectivity index (χ3n) is 13.8. The summed E-state index contributed by atoms with van der Waals surface area (Å²) in [6, 6.07) is 0. The lowest BCUT2D eigenvalue weighted by atomic mass is 10.1. The van der Waals surface area contributed by atoms with Crippen molar-refractivity contribution in [3.63, 3.8) is 0 Å². The van der Waals surface area contributed by atoms with Crippen molar-refractivity contribution in [3.8, 4) is 0 Å². The zero-order valence-corrected chi connectivity index (χ0v) is 55.8. The summed E-state index contributed by atoms with van der Waals surface area (Å²) in [7, 11) is 0. The van der Waals surface area contributed by atoms with Crippen molar-refractivity contribution in [2.75, 3.05) is 49.4 Å². The number of hydrogen-bond donors (Lipinski definition) is 13. The Balaban J connectivity index is 0.000000130. The standard InChI is InChI=1S/C10H12Cl2N5O4PS.2C10H12N5O5PS.C10H13N5O4.Cl3PS/c11-22(12,23)20-1-4-6(18)7(19)10(21-4)17-3-16-5-8(13)14-2-15-9(5)17;2*11-8-5-9(13-2-12-8)15(3-14-5)10-6(16)7-4(19-10)1-18-21(17,22)20-7;11-8-5-9(13-2-12-8)15(3-14-5)10-7(18)6(17)4(1-16)19-10;1-4(2,3)5/h2-4,6-7,10,18-19H,1H2,(H2,13,14,15);2*2-4,6-7,10,16H,1H2,(H,17,22)(H2,11,12,13);2-4,6-7,10,16-18H,1H2,(H2,11,12,13);/t4?,6?,7-,10+;2*4?,6-,7?,10+,21?;4?,6?,7-,10+;/m0000./s1. The normalized spacial score (nSPS) is 32.9. The number of aromatic nitrogens is 16. The smallest absolute Gasteiger partial charge is 0.325 e. The van der Waals surface area contributed by atoms with Gasteiger partial charge in [-0.2, -0.15) is 0 Å². The molecule has 91 heavy (non-hydrogen) atoms. The molecule has 51 heteroatoms. The topological polar surface area (TPSA) is 544 Å². The van der Waals surface area contributed by atoms with Gasteiger partial charge in [0.1, 0.15) is 121 Å². The number of nitrogens with two attached hydrogens (primary N) is 4. The van der Waals surface area contributed by atoms with Gasteiger partial charge in [0.15, 0.2) is 70.8 Å². The molecule has 6 aliphatic heterocycles. The number of rotatable bonds is 8. The summed E-state index contributed by atoms with van der Waals surface area (Å²) in [5, 5.41) is 70.0. The van der Waals surface area contributed by atoms with E-state index in [0.717, 1.165) is 0 Å². The molecule has 6 saturated heterocycles. The Morgan fingerprint density at radius 3 is 1.08 bits per heavy atom. The lowest BCUT2D eigenvalue weighted by Crippen LogP contribution is -2.39. The molecule has 0 bridgehead atoms. The van der Waals surface area contributed by atoms with Gasteiger partial charge in [0.2, 0.25) is 9.07 Å². The van der Waals surface area contributed by atoms with Crippen molar-refractivity contribution in [1.82, 2.24) is 78.1 Å². The molecule has 0 spiro atoms. The molecular weight excluding hydrogens is 1480 g/mol. The Hall–Kier alpha value is -3.27. The fourth-order valence-corrected chi connectivity index (χ4v) is 13.5. The third kappa shape index (κ3) is 15.8. The molecule has 17 N–H and O–H groups in total. The minimum atomic E-state index is -3.33. The summed E-state index contributed by atoms with van der Waals surface area (Å²) >= 11 is 44.9. The van der Waals surface area contributed by atoms with Gasteiger partial charge in [-0.1, -0.05) is 33.7 Å². The van der Waals surface area contributed by atoms with Crippen molar-refractivity contribution in [1.29, 1.82) is 0 Å². The van der Waals surface area contributed by atoms with Gasteiger partial charge in [-0.3, -0.25) is 27.3 Å². The highest BCUT2D eigenvalue weighted by molar-refractivity contribution is 8.50. The number of hydrogen-bond acceptors (Lipinski definition) is 36. The molecule has 0 radical (unpaired) electrons. The Kier molecular flexibility index (Phi) is 22.0. The maximum atomic E-state index is 10.4. The number of fused-ring (bicyclic) bond motifs is 6. The van der Waals surface area contributed by atoms with Crippen LogP contribution in [0.2, 0.25) is 0 Å². The van der Waals surface area contributed by atoms with Gasteiger partial charge >= 0.3 is 13.4 Å². The van der Waals surface area contributed by atoms with Crippen molar-refractivity contribution in [3.05, 3.63) is 50.6 Å². The summed E-state index contributed by atoms with van der Waals surface area (Å²) < 4.78 is 51.9. The molecule has 10 unspecified atom stereocenters. The van der Waals surface area contributed by atoms with Crippen LogP contribution < -0.4 is 22.9 Å². The van der Waals surface area contributed by atoms with E-state index in [1.807, 2.05) is 0 Å². The van der Waals surface area contributed by atoms with Gasteiger partial charge in [-0.25, -0.2) is 59.8 Å². The van der Waals surface area contributed by atoms with Crippen LogP contribution in [0.15, 0.2) is 50.6 Å². The number of aliphatic hydroxyl groups excluding tert-OH is 7. The zero-order valence-electron chi connectivity index (χ0n) is 45.2. The first-order valence-electron chi connectivity index (χ1n) is 25.5. The molecule has 14 heterocycles. The summed E-state index contributed by atoms with van der Waals surface area (Å²) in [6.45, 7) is -7.10. The molecule has 0 aliphatic carbocycles. The number of aliphatic hydroxyl groups is 7. The molecule has 0 saturated carbocycles. The van der Waals surface area contributed by atoms with Crippen LogP contribution in [-0.4, -0.2) is 223 Å². The largest absolute Gasteiger partial charge is 0.394 e. The molecule has 8 aromatic heterocycles. The molecule has 18 atom stereocenters. The number of ether oxygens (including phenoxy) is 4. The summed E-state index contributed by atoms with van der Waals surface area (Å²) in [5.74, 6) is 0.889. The Bertz CT molecular complexity index is 4000. The van der Waals surface area contributed by atoms with Crippen LogP contribution in [0.5, 0.6) is 0 Å². The van der Waals surface area contributed by atoms with Gasteiger partial charge < -0.3 is 101 Å². The minimum Gasteiger partial charge on any atom is -0.394 e. The molecule has 38 nitrogen and oxygen atoms in total. The molecule has 496 valence electrons.